The lowest BCUT2D eigenvalue weighted by Crippen LogP contribution is -2.27. The molecule has 0 fully saturated rings. The second kappa shape index (κ2) is 4.90. The van der Waals surface area contributed by atoms with Crippen LogP contribution in [0, 0.1) is 6.92 Å². The second-order valence-electron chi connectivity index (χ2n) is 4.71. The van der Waals surface area contributed by atoms with Gasteiger partial charge in [0.15, 0.2) is 0 Å². The monoisotopic (exact) mass is 233 g/mol. The number of hydrogen-bond acceptors (Lipinski definition) is 3. The van der Waals surface area contributed by atoms with E-state index in [-0.39, 0.29) is 0 Å². The first-order chi connectivity index (χ1) is 8.08. The summed E-state index contributed by atoms with van der Waals surface area (Å²) in [5, 5.41) is 14.3. The average molecular weight is 233 g/mol. The number of nitrogens with one attached hydrogen (secondary N) is 1. The molecule has 2 rings (SSSR count). The minimum absolute atomic E-state index is 0.357. The van der Waals surface area contributed by atoms with Crippen LogP contribution in [0.4, 0.5) is 0 Å². The summed E-state index contributed by atoms with van der Waals surface area (Å²) < 4.78 is 5.65. The van der Waals surface area contributed by atoms with Gasteiger partial charge in [-0.25, -0.2) is 0 Å². The Morgan fingerprint density at radius 3 is 2.76 bits per heavy atom. The van der Waals surface area contributed by atoms with Gasteiger partial charge < -0.3 is 14.8 Å². The molecule has 0 aliphatic rings. The number of furan rings is 1. The summed E-state index contributed by atoms with van der Waals surface area (Å²) in [6.45, 7) is 6.65. The van der Waals surface area contributed by atoms with Crippen LogP contribution in [0.15, 0.2) is 28.7 Å². The fraction of sp³-hybridized carbons (Fsp3) is 0.429. The van der Waals surface area contributed by atoms with Gasteiger partial charge in [0.05, 0.1) is 0 Å². The van der Waals surface area contributed by atoms with E-state index in [0.29, 0.717) is 18.3 Å². The predicted octanol–water partition coefficient (Wildman–Crippen LogP) is 2.77. The van der Waals surface area contributed by atoms with Crippen LogP contribution in [-0.2, 0) is 0 Å². The van der Waals surface area contributed by atoms with Gasteiger partial charge in [-0.3, -0.25) is 0 Å². The lowest BCUT2D eigenvalue weighted by atomic mass is 10.1. The van der Waals surface area contributed by atoms with Gasteiger partial charge >= 0.3 is 0 Å². The van der Waals surface area contributed by atoms with Crippen molar-refractivity contribution in [2.24, 2.45) is 0 Å². The first kappa shape index (κ1) is 12.1. The second-order valence-corrected chi connectivity index (χ2v) is 4.71. The van der Waals surface area contributed by atoms with E-state index >= 15 is 0 Å². The van der Waals surface area contributed by atoms with Gasteiger partial charge in [0.2, 0.25) is 0 Å². The van der Waals surface area contributed by atoms with Gasteiger partial charge in [-0.15, -0.1) is 0 Å². The van der Waals surface area contributed by atoms with Crippen LogP contribution in [0.2, 0.25) is 0 Å². The zero-order chi connectivity index (χ0) is 12.4. The van der Waals surface area contributed by atoms with Crippen LogP contribution >= 0.6 is 0 Å². The molecule has 0 bridgehead atoms. The number of fused-ring (bicyclic) bond motifs is 1. The minimum Gasteiger partial charge on any atom is -0.458 e. The summed E-state index contributed by atoms with van der Waals surface area (Å²) >= 11 is 0. The number of aliphatic hydroxyl groups excluding tert-OH is 1. The lowest BCUT2D eigenvalue weighted by Gasteiger charge is -2.11. The highest BCUT2D eigenvalue weighted by Gasteiger charge is 2.14. The van der Waals surface area contributed by atoms with E-state index in [1.165, 1.54) is 5.56 Å². The molecule has 1 atom stereocenters. The molecule has 0 aliphatic carbocycles. The molecule has 0 radical (unpaired) electrons. The van der Waals surface area contributed by atoms with Gasteiger partial charge in [0, 0.05) is 18.0 Å². The molecule has 0 saturated heterocycles. The molecule has 1 heterocycles. The molecule has 92 valence electrons. The van der Waals surface area contributed by atoms with Crippen molar-refractivity contribution in [3.8, 4) is 0 Å². The third-order valence-corrected chi connectivity index (χ3v) is 2.85. The van der Waals surface area contributed by atoms with Crippen molar-refractivity contribution in [2.45, 2.75) is 32.9 Å². The van der Waals surface area contributed by atoms with Crippen molar-refractivity contribution in [3.63, 3.8) is 0 Å². The molecule has 0 saturated carbocycles. The molecule has 0 spiro atoms. The highest BCUT2D eigenvalue weighted by molar-refractivity contribution is 5.81. The number of hydrogen-bond donors (Lipinski definition) is 2. The molecule has 3 nitrogen and oxygen atoms in total. The third-order valence-electron chi connectivity index (χ3n) is 2.85. The van der Waals surface area contributed by atoms with Crippen molar-refractivity contribution in [1.29, 1.82) is 0 Å². The van der Waals surface area contributed by atoms with Crippen LogP contribution in [0.25, 0.3) is 11.0 Å². The Kier molecular flexibility index (Phi) is 3.50. The fourth-order valence-electron chi connectivity index (χ4n) is 1.84. The summed E-state index contributed by atoms with van der Waals surface area (Å²) in [6, 6.07) is 8.21. The van der Waals surface area contributed by atoms with E-state index in [1.807, 2.05) is 31.2 Å². The molecule has 1 aromatic carbocycles. The van der Waals surface area contributed by atoms with Crippen molar-refractivity contribution >= 4 is 11.0 Å². The van der Waals surface area contributed by atoms with Gasteiger partial charge in [-0.1, -0.05) is 26.0 Å². The fourth-order valence-corrected chi connectivity index (χ4v) is 1.84. The van der Waals surface area contributed by atoms with E-state index in [1.54, 1.807) is 0 Å². The molecule has 1 aromatic heterocycles. The Balaban J connectivity index is 2.21. The van der Waals surface area contributed by atoms with Crippen molar-refractivity contribution < 1.29 is 9.52 Å². The Bertz CT molecular complexity index is 502. The Hall–Kier alpha value is -1.32. The standard InChI is InChI=1S/C14H19NO2/c1-9(2)15-8-12(16)14-7-11-10(3)5-4-6-13(11)17-14/h4-7,9,12,15-16H,8H2,1-3H3. The molecule has 17 heavy (non-hydrogen) atoms. The van der Waals surface area contributed by atoms with E-state index in [2.05, 4.69) is 19.2 Å². The van der Waals surface area contributed by atoms with Crippen LogP contribution < -0.4 is 5.32 Å². The van der Waals surface area contributed by atoms with E-state index in [4.69, 9.17) is 4.42 Å². The van der Waals surface area contributed by atoms with E-state index < -0.39 is 6.10 Å². The van der Waals surface area contributed by atoms with E-state index in [9.17, 15) is 5.11 Å². The molecule has 2 aromatic rings. The zero-order valence-electron chi connectivity index (χ0n) is 10.5. The van der Waals surface area contributed by atoms with Crippen LogP contribution in [-0.4, -0.2) is 17.7 Å². The Labute approximate surface area is 101 Å². The molecule has 2 N–H and O–H groups in total. The van der Waals surface area contributed by atoms with Crippen LogP contribution in [0.3, 0.4) is 0 Å². The highest BCUT2D eigenvalue weighted by atomic mass is 16.4. The lowest BCUT2D eigenvalue weighted by molar-refractivity contribution is 0.147. The summed E-state index contributed by atoms with van der Waals surface area (Å²) in [7, 11) is 0. The molecule has 0 amide bonds. The number of benzene rings is 1. The summed E-state index contributed by atoms with van der Waals surface area (Å²) in [6.07, 6.45) is -0.593. The van der Waals surface area contributed by atoms with Crippen LogP contribution in [0.1, 0.15) is 31.3 Å². The van der Waals surface area contributed by atoms with Crippen molar-refractivity contribution in [1.82, 2.24) is 5.32 Å². The predicted molar refractivity (Wildman–Crippen MR) is 69.0 cm³/mol. The van der Waals surface area contributed by atoms with Crippen molar-refractivity contribution in [3.05, 3.63) is 35.6 Å². The molecule has 1 unspecified atom stereocenters. The number of aryl methyl sites for hydroxylation is 1. The van der Waals surface area contributed by atoms with Crippen molar-refractivity contribution in [2.75, 3.05) is 6.54 Å². The molecular formula is C14H19NO2. The van der Waals surface area contributed by atoms with E-state index in [0.717, 1.165) is 11.0 Å². The summed E-state index contributed by atoms with van der Waals surface area (Å²) in [5.41, 5.74) is 2.00. The van der Waals surface area contributed by atoms with Crippen LogP contribution in [0.5, 0.6) is 0 Å². The largest absolute Gasteiger partial charge is 0.458 e. The quantitative estimate of drug-likeness (QED) is 0.853. The topological polar surface area (TPSA) is 45.4 Å². The maximum atomic E-state index is 10.0. The summed E-state index contributed by atoms with van der Waals surface area (Å²) in [5.74, 6) is 0.627. The smallest absolute Gasteiger partial charge is 0.135 e. The molecular weight excluding hydrogens is 214 g/mol. The zero-order valence-corrected chi connectivity index (χ0v) is 10.5. The first-order valence-electron chi connectivity index (χ1n) is 5.98. The van der Waals surface area contributed by atoms with Gasteiger partial charge in [0.1, 0.15) is 17.4 Å². The maximum Gasteiger partial charge on any atom is 0.135 e. The Morgan fingerprint density at radius 1 is 1.35 bits per heavy atom. The van der Waals surface area contributed by atoms with Gasteiger partial charge in [-0.05, 0) is 24.6 Å². The maximum absolute atomic E-state index is 10.0. The molecule has 3 heteroatoms. The van der Waals surface area contributed by atoms with Gasteiger partial charge in [-0.2, -0.15) is 0 Å². The minimum atomic E-state index is -0.593. The first-order valence-corrected chi connectivity index (χ1v) is 5.98. The summed E-state index contributed by atoms with van der Waals surface area (Å²) in [4.78, 5) is 0. The Morgan fingerprint density at radius 2 is 2.12 bits per heavy atom. The number of rotatable bonds is 4. The molecule has 0 aliphatic heterocycles. The third kappa shape index (κ3) is 2.68. The number of aliphatic hydroxyl groups is 1. The average Bonchev–Trinajstić information content (AvgIpc) is 2.71. The van der Waals surface area contributed by atoms with Gasteiger partial charge in [0.25, 0.3) is 0 Å². The SMILES string of the molecule is Cc1cccc2oc(C(O)CNC(C)C)cc12. The highest BCUT2D eigenvalue weighted by Crippen LogP contribution is 2.26. The normalized spacial score (nSPS) is 13.5.